The summed E-state index contributed by atoms with van der Waals surface area (Å²) in [6, 6.07) is 9.21. The largest absolute Gasteiger partial charge is 0.573 e. The molecule has 0 aliphatic carbocycles. The molecule has 2 N–H and O–H groups in total. The first-order valence-corrected chi connectivity index (χ1v) is 7.21. The van der Waals surface area contributed by atoms with Crippen LogP contribution in [0.15, 0.2) is 53.3 Å². The number of fused-ring (bicyclic) bond motifs is 1. The molecule has 0 amide bonds. The number of aldehydes is 1. The molecule has 1 heterocycles. The Labute approximate surface area is 145 Å². The Morgan fingerprint density at radius 3 is 2.46 bits per heavy atom. The first-order chi connectivity index (χ1) is 12.3. The van der Waals surface area contributed by atoms with Gasteiger partial charge in [0.05, 0.1) is 11.9 Å². The van der Waals surface area contributed by atoms with E-state index in [4.69, 9.17) is 0 Å². The van der Waals surface area contributed by atoms with E-state index in [1.54, 1.807) is 6.07 Å². The van der Waals surface area contributed by atoms with E-state index >= 15 is 0 Å². The molecule has 9 heteroatoms. The van der Waals surface area contributed by atoms with Crippen molar-refractivity contribution in [3.8, 4) is 11.5 Å². The lowest BCUT2D eigenvalue weighted by molar-refractivity contribution is -0.274. The second-order valence-corrected chi connectivity index (χ2v) is 5.19. The van der Waals surface area contributed by atoms with Crippen molar-refractivity contribution in [3.63, 3.8) is 0 Å². The summed E-state index contributed by atoms with van der Waals surface area (Å²) >= 11 is 0. The SMILES string of the molecule is O=CC(O)=C1c2cccc(O)c2C=NN1c1ccc(OC(F)(F)F)cc1. The van der Waals surface area contributed by atoms with Gasteiger partial charge in [0.15, 0.2) is 12.0 Å². The smallest absolute Gasteiger partial charge is 0.507 e. The van der Waals surface area contributed by atoms with E-state index < -0.39 is 17.9 Å². The summed E-state index contributed by atoms with van der Waals surface area (Å²) in [6.07, 6.45) is -3.30. The zero-order valence-electron chi connectivity index (χ0n) is 12.9. The van der Waals surface area contributed by atoms with Crippen LogP contribution in [0.2, 0.25) is 0 Å². The van der Waals surface area contributed by atoms with E-state index in [1.165, 1.54) is 35.5 Å². The number of anilines is 1. The highest BCUT2D eigenvalue weighted by Gasteiger charge is 2.31. The third-order valence-electron chi connectivity index (χ3n) is 3.52. The molecule has 2 aromatic carbocycles. The Morgan fingerprint density at radius 1 is 1.15 bits per heavy atom. The number of hydrazone groups is 1. The number of aliphatic hydroxyl groups excluding tert-OH is 1. The van der Waals surface area contributed by atoms with Crippen LogP contribution in [-0.4, -0.2) is 29.1 Å². The van der Waals surface area contributed by atoms with Gasteiger partial charge in [0, 0.05) is 11.1 Å². The number of nitrogens with zero attached hydrogens (tertiary/aromatic N) is 2. The predicted octanol–water partition coefficient (Wildman–Crippen LogP) is 3.57. The van der Waals surface area contributed by atoms with Crippen LogP contribution in [0, 0.1) is 0 Å². The maximum atomic E-state index is 12.3. The highest BCUT2D eigenvalue weighted by Crippen LogP contribution is 2.36. The molecule has 1 aliphatic heterocycles. The molecule has 2 aromatic rings. The summed E-state index contributed by atoms with van der Waals surface area (Å²) < 4.78 is 40.6. The fourth-order valence-corrected chi connectivity index (χ4v) is 2.47. The van der Waals surface area contributed by atoms with Crippen molar-refractivity contribution in [3.05, 3.63) is 59.4 Å². The molecule has 0 bridgehead atoms. The lowest BCUT2D eigenvalue weighted by Crippen LogP contribution is -2.22. The minimum Gasteiger partial charge on any atom is -0.507 e. The monoisotopic (exact) mass is 364 g/mol. The van der Waals surface area contributed by atoms with Gasteiger partial charge in [0.25, 0.3) is 0 Å². The Morgan fingerprint density at radius 2 is 1.85 bits per heavy atom. The molecule has 1 aliphatic rings. The number of halogens is 3. The summed E-state index contributed by atoms with van der Waals surface area (Å²) in [4.78, 5) is 11.1. The standard InChI is InChI=1S/C17H11F3N2O4/c18-17(19,20)26-11-6-4-10(5-7-11)22-16(15(25)9-23)12-2-1-3-14(24)13(12)8-21-22/h1-9,24-25H. The topological polar surface area (TPSA) is 82.4 Å². The van der Waals surface area contributed by atoms with Gasteiger partial charge in [-0.25, -0.2) is 5.01 Å². The van der Waals surface area contributed by atoms with E-state index in [0.717, 1.165) is 12.1 Å². The van der Waals surface area contributed by atoms with Crippen molar-refractivity contribution in [1.82, 2.24) is 0 Å². The molecule has 3 rings (SSSR count). The molecular weight excluding hydrogens is 353 g/mol. The first-order valence-electron chi connectivity index (χ1n) is 7.21. The van der Waals surface area contributed by atoms with Crippen molar-refractivity contribution < 1.29 is 32.9 Å². The number of phenols is 1. The van der Waals surface area contributed by atoms with Crippen molar-refractivity contribution in [2.75, 3.05) is 5.01 Å². The fraction of sp³-hybridized carbons (Fsp3) is 0.0588. The number of rotatable bonds is 3. The van der Waals surface area contributed by atoms with Crippen LogP contribution in [-0.2, 0) is 4.79 Å². The molecule has 0 aromatic heterocycles. The van der Waals surface area contributed by atoms with Crippen LogP contribution in [0.1, 0.15) is 11.1 Å². The Balaban J connectivity index is 2.04. The minimum absolute atomic E-state index is 0.0158. The number of ether oxygens (including phenoxy) is 1. The molecule has 26 heavy (non-hydrogen) atoms. The van der Waals surface area contributed by atoms with Gasteiger partial charge >= 0.3 is 6.36 Å². The second kappa shape index (κ2) is 6.43. The van der Waals surface area contributed by atoms with Crippen LogP contribution in [0.4, 0.5) is 18.9 Å². The number of hydrogen-bond donors (Lipinski definition) is 2. The number of benzene rings is 2. The second-order valence-electron chi connectivity index (χ2n) is 5.19. The molecule has 0 saturated carbocycles. The Kier molecular flexibility index (Phi) is 4.29. The van der Waals surface area contributed by atoms with Gasteiger partial charge in [-0.15, -0.1) is 13.2 Å². The van der Waals surface area contributed by atoms with Gasteiger partial charge in [0.2, 0.25) is 0 Å². The average molecular weight is 364 g/mol. The maximum Gasteiger partial charge on any atom is 0.573 e. The number of phenolic OH excluding ortho intramolecular Hbond substituents is 1. The lowest BCUT2D eigenvalue weighted by atomic mass is 10.0. The zero-order chi connectivity index (χ0) is 18.9. The number of carbonyl (C=O) groups is 1. The number of carbonyl (C=O) groups excluding carboxylic acids is 1. The van der Waals surface area contributed by atoms with Crippen LogP contribution >= 0.6 is 0 Å². The van der Waals surface area contributed by atoms with Crippen molar-refractivity contribution in [2.45, 2.75) is 6.36 Å². The van der Waals surface area contributed by atoms with E-state index in [0.29, 0.717) is 11.1 Å². The maximum absolute atomic E-state index is 12.3. The van der Waals surface area contributed by atoms with Crippen molar-refractivity contribution in [2.24, 2.45) is 5.10 Å². The highest BCUT2D eigenvalue weighted by molar-refractivity contribution is 6.02. The molecule has 0 fully saturated rings. The van der Waals surface area contributed by atoms with Gasteiger partial charge in [-0.3, -0.25) is 4.79 Å². The van der Waals surface area contributed by atoms with E-state index in [1.807, 2.05) is 0 Å². The minimum atomic E-state index is -4.82. The number of allylic oxidation sites excluding steroid dienone is 1. The number of alkyl halides is 3. The molecule has 0 spiro atoms. The Bertz CT molecular complexity index is 905. The summed E-state index contributed by atoms with van der Waals surface area (Å²) in [6.45, 7) is 0. The van der Waals surface area contributed by atoms with Gasteiger partial charge in [-0.05, 0) is 30.3 Å². The van der Waals surface area contributed by atoms with Gasteiger partial charge < -0.3 is 14.9 Å². The zero-order valence-corrected chi connectivity index (χ0v) is 12.9. The molecule has 0 saturated heterocycles. The predicted molar refractivity (Wildman–Crippen MR) is 86.9 cm³/mol. The quantitative estimate of drug-likeness (QED) is 0.494. The molecule has 0 unspecified atom stereocenters. The number of aromatic hydroxyl groups is 1. The Hall–Kier alpha value is -3.49. The average Bonchev–Trinajstić information content (AvgIpc) is 2.60. The highest BCUT2D eigenvalue weighted by atomic mass is 19.4. The molecule has 6 nitrogen and oxygen atoms in total. The van der Waals surface area contributed by atoms with Crippen LogP contribution in [0.3, 0.4) is 0 Å². The van der Waals surface area contributed by atoms with Crippen molar-refractivity contribution in [1.29, 1.82) is 0 Å². The molecule has 0 radical (unpaired) electrons. The van der Waals surface area contributed by atoms with Gasteiger partial charge in [0.1, 0.15) is 17.2 Å². The lowest BCUT2D eigenvalue weighted by Gasteiger charge is -2.27. The van der Waals surface area contributed by atoms with Crippen LogP contribution < -0.4 is 9.75 Å². The van der Waals surface area contributed by atoms with Gasteiger partial charge in [-0.2, -0.15) is 5.10 Å². The van der Waals surface area contributed by atoms with Crippen LogP contribution in [0.5, 0.6) is 11.5 Å². The summed E-state index contributed by atoms with van der Waals surface area (Å²) in [5, 5.41) is 25.1. The third-order valence-corrected chi connectivity index (χ3v) is 3.52. The normalized spacial score (nSPS) is 15.4. The van der Waals surface area contributed by atoms with E-state index in [-0.39, 0.29) is 23.4 Å². The third kappa shape index (κ3) is 3.32. The fourth-order valence-electron chi connectivity index (χ4n) is 2.47. The van der Waals surface area contributed by atoms with E-state index in [9.17, 15) is 28.2 Å². The van der Waals surface area contributed by atoms with Gasteiger partial charge in [-0.1, -0.05) is 12.1 Å². The molecule has 0 atom stereocenters. The first kappa shape index (κ1) is 17.3. The van der Waals surface area contributed by atoms with E-state index in [2.05, 4.69) is 9.84 Å². The summed E-state index contributed by atoms with van der Waals surface area (Å²) in [7, 11) is 0. The summed E-state index contributed by atoms with van der Waals surface area (Å²) in [5.41, 5.74) is 0.885. The number of hydrogen-bond acceptors (Lipinski definition) is 6. The molecular formula is C17H11F3N2O4. The summed E-state index contributed by atoms with van der Waals surface area (Å²) in [5.74, 6) is -1.18. The number of aliphatic hydroxyl groups is 1. The van der Waals surface area contributed by atoms with Crippen LogP contribution in [0.25, 0.3) is 5.70 Å². The molecule has 134 valence electrons. The van der Waals surface area contributed by atoms with Crippen molar-refractivity contribution >= 4 is 23.9 Å².